The number of carbonyl (C=O) groups excluding carboxylic acids is 2. The molecule has 1 aliphatic heterocycles. The molecule has 0 saturated heterocycles. The summed E-state index contributed by atoms with van der Waals surface area (Å²) in [4.78, 5) is 25.5. The van der Waals surface area contributed by atoms with Crippen LogP contribution in [0.3, 0.4) is 0 Å². The van der Waals surface area contributed by atoms with Gasteiger partial charge in [-0.1, -0.05) is 18.2 Å². The third-order valence-electron chi connectivity index (χ3n) is 4.67. The zero-order valence-corrected chi connectivity index (χ0v) is 15.4. The molecule has 7 heteroatoms. The average molecular weight is 391 g/mol. The first-order valence-electron chi connectivity index (χ1n) is 9.06. The van der Waals surface area contributed by atoms with Crippen molar-refractivity contribution in [3.63, 3.8) is 0 Å². The topological polar surface area (TPSA) is 46.6 Å². The predicted octanol–water partition coefficient (Wildman–Crippen LogP) is 4.60. The number of hydrogen-bond acceptors (Lipinski definition) is 3. The van der Waals surface area contributed by atoms with Gasteiger partial charge in [-0.25, -0.2) is 0 Å². The van der Waals surface area contributed by atoms with Crippen LogP contribution in [0.25, 0.3) is 11.1 Å². The van der Waals surface area contributed by atoms with Crippen LogP contribution in [-0.2, 0) is 26.9 Å². The van der Waals surface area contributed by atoms with Crippen molar-refractivity contribution >= 4 is 17.6 Å². The van der Waals surface area contributed by atoms with Crippen LogP contribution in [0.2, 0.25) is 0 Å². The largest absolute Gasteiger partial charge is 0.466 e. The van der Waals surface area contributed by atoms with Gasteiger partial charge >= 0.3 is 12.1 Å². The van der Waals surface area contributed by atoms with Gasteiger partial charge in [-0.05, 0) is 54.3 Å². The second kappa shape index (κ2) is 8.04. The number of nitrogens with zero attached hydrogens (tertiary/aromatic N) is 1. The Morgan fingerprint density at radius 3 is 2.39 bits per heavy atom. The maximum Gasteiger partial charge on any atom is 0.416 e. The Kier molecular flexibility index (Phi) is 5.72. The third kappa shape index (κ3) is 4.35. The fourth-order valence-corrected chi connectivity index (χ4v) is 3.27. The van der Waals surface area contributed by atoms with Gasteiger partial charge in [-0.3, -0.25) is 9.59 Å². The Bertz CT molecular complexity index is 875. The number of carbonyl (C=O) groups is 2. The summed E-state index contributed by atoms with van der Waals surface area (Å²) in [6, 6.07) is 10.5. The van der Waals surface area contributed by atoms with Crippen molar-refractivity contribution in [2.75, 3.05) is 18.1 Å². The minimum atomic E-state index is -4.37. The van der Waals surface area contributed by atoms with Gasteiger partial charge in [0.05, 0.1) is 18.6 Å². The summed E-state index contributed by atoms with van der Waals surface area (Å²) in [6.07, 6.45) is -3.38. The van der Waals surface area contributed by atoms with E-state index in [2.05, 4.69) is 0 Å². The van der Waals surface area contributed by atoms with Crippen molar-refractivity contribution in [2.24, 2.45) is 0 Å². The van der Waals surface area contributed by atoms with Crippen molar-refractivity contribution in [2.45, 2.75) is 32.4 Å². The first-order chi connectivity index (χ1) is 13.3. The smallest absolute Gasteiger partial charge is 0.416 e. The molecule has 0 aliphatic carbocycles. The molecule has 148 valence electrons. The normalized spacial score (nSPS) is 14.0. The van der Waals surface area contributed by atoms with Crippen molar-refractivity contribution in [3.05, 3.63) is 53.6 Å². The fourth-order valence-electron chi connectivity index (χ4n) is 3.27. The van der Waals surface area contributed by atoms with E-state index in [1.54, 1.807) is 24.0 Å². The first-order valence-corrected chi connectivity index (χ1v) is 9.06. The summed E-state index contributed by atoms with van der Waals surface area (Å²) >= 11 is 0. The summed E-state index contributed by atoms with van der Waals surface area (Å²) in [6.45, 7) is 2.26. The molecule has 0 spiro atoms. The number of fused-ring (bicyclic) bond motifs is 1. The number of benzene rings is 2. The molecule has 0 N–H and O–H groups in total. The lowest BCUT2D eigenvalue weighted by Gasteiger charge is -2.29. The van der Waals surface area contributed by atoms with E-state index in [1.807, 2.05) is 6.07 Å². The average Bonchev–Trinajstić information content (AvgIpc) is 2.66. The molecule has 1 heterocycles. The number of aryl methyl sites for hydroxylation is 1. The Hall–Kier alpha value is -2.83. The van der Waals surface area contributed by atoms with Crippen molar-refractivity contribution < 1.29 is 27.5 Å². The summed E-state index contributed by atoms with van der Waals surface area (Å²) in [5.41, 5.74) is 2.43. The maximum absolute atomic E-state index is 12.7. The second-order valence-corrected chi connectivity index (χ2v) is 6.52. The quantitative estimate of drug-likeness (QED) is 0.700. The van der Waals surface area contributed by atoms with Crippen LogP contribution in [-0.4, -0.2) is 25.0 Å². The van der Waals surface area contributed by atoms with E-state index in [9.17, 15) is 22.8 Å². The molecule has 0 aromatic heterocycles. The van der Waals surface area contributed by atoms with Crippen LogP contribution in [0.15, 0.2) is 42.5 Å². The SMILES string of the molecule is CCOC(=O)CCN1C(=O)CCc2cc(-c3ccc(C(F)(F)F)cc3)ccc21. The molecule has 2 aromatic rings. The highest BCUT2D eigenvalue weighted by Gasteiger charge is 2.30. The summed E-state index contributed by atoms with van der Waals surface area (Å²) in [5.74, 6) is -0.414. The van der Waals surface area contributed by atoms with Gasteiger partial charge in [0, 0.05) is 18.7 Å². The van der Waals surface area contributed by atoms with Crippen LogP contribution < -0.4 is 4.90 Å². The van der Waals surface area contributed by atoms with E-state index in [-0.39, 0.29) is 24.8 Å². The minimum absolute atomic E-state index is 0.0564. The highest BCUT2D eigenvalue weighted by atomic mass is 19.4. The molecule has 0 atom stereocenters. The lowest BCUT2D eigenvalue weighted by Crippen LogP contribution is -2.36. The Balaban J connectivity index is 1.82. The van der Waals surface area contributed by atoms with Crippen LogP contribution >= 0.6 is 0 Å². The lowest BCUT2D eigenvalue weighted by atomic mass is 9.95. The lowest BCUT2D eigenvalue weighted by molar-refractivity contribution is -0.143. The Morgan fingerprint density at radius 2 is 1.75 bits per heavy atom. The molecule has 0 radical (unpaired) electrons. The number of esters is 1. The summed E-state index contributed by atoms with van der Waals surface area (Å²) < 4.78 is 43.1. The van der Waals surface area contributed by atoms with E-state index in [4.69, 9.17) is 4.74 Å². The zero-order chi connectivity index (χ0) is 20.3. The van der Waals surface area contributed by atoms with E-state index in [1.165, 1.54) is 12.1 Å². The third-order valence-corrected chi connectivity index (χ3v) is 4.67. The van der Waals surface area contributed by atoms with Gasteiger partial charge in [0.2, 0.25) is 5.91 Å². The van der Waals surface area contributed by atoms with Crippen molar-refractivity contribution in [1.82, 2.24) is 0 Å². The molecule has 0 unspecified atom stereocenters. The van der Waals surface area contributed by atoms with Crippen molar-refractivity contribution in [3.8, 4) is 11.1 Å². The van der Waals surface area contributed by atoms with E-state index < -0.39 is 11.7 Å². The van der Waals surface area contributed by atoms with E-state index >= 15 is 0 Å². The molecular weight excluding hydrogens is 371 g/mol. The summed E-state index contributed by atoms with van der Waals surface area (Å²) in [7, 11) is 0. The highest BCUT2D eigenvalue weighted by molar-refractivity contribution is 5.97. The number of halogens is 3. The van der Waals surface area contributed by atoms with Crippen LogP contribution in [0, 0.1) is 0 Å². The van der Waals surface area contributed by atoms with Gasteiger partial charge in [-0.15, -0.1) is 0 Å². The number of ether oxygens (including phenoxy) is 1. The van der Waals surface area contributed by atoms with Gasteiger partial charge in [0.25, 0.3) is 0 Å². The number of rotatable bonds is 5. The maximum atomic E-state index is 12.7. The predicted molar refractivity (Wildman–Crippen MR) is 98.8 cm³/mol. The molecule has 0 bridgehead atoms. The van der Waals surface area contributed by atoms with Gasteiger partial charge in [0.15, 0.2) is 0 Å². The van der Waals surface area contributed by atoms with Gasteiger partial charge in [-0.2, -0.15) is 13.2 Å². The molecule has 28 heavy (non-hydrogen) atoms. The summed E-state index contributed by atoms with van der Waals surface area (Å²) in [5, 5.41) is 0. The van der Waals surface area contributed by atoms with Crippen LogP contribution in [0.1, 0.15) is 30.9 Å². The molecule has 0 saturated carbocycles. The van der Waals surface area contributed by atoms with Gasteiger partial charge in [0.1, 0.15) is 0 Å². The fraction of sp³-hybridized carbons (Fsp3) is 0.333. The number of alkyl halides is 3. The monoisotopic (exact) mass is 391 g/mol. The van der Waals surface area contributed by atoms with E-state index in [0.717, 1.165) is 28.9 Å². The number of amides is 1. The first kappa shape index (κ1) is 19.9. The molecule has 3 rings (SSSR count). The van der Waals surface area contributed by atoms with Gasteiger partial charge < -0.3 is 9.64 Å². The van der Waals surface area contributed by atoms with Crippen LogP contribution in [0.5, 0.6) is 0 Å². The van der Waals surface area contributed by atoms with Crippen molar-refractivity contribution in [1.29, 1.82) is 0 Å². The number of hydrogen-bond donors (Lipinski definition) is 0. The minimum Gasteiger partial charge on any atom is -0.466 e. The molecule has 0 fully saturated rings. The van der Waals surface area contributed by atoms with E-state index in [0.29, 0.717) is 25.0 Å². The Labute approximate surface area is 160 Å². The Morgan fingerprint density at radius 1 is 1.07 bits per heavy atom. The molecular formula is C21H20F3NO3. The highest BCUT2D eigenvalue weighted by Crippen LogP contribution is 2.34. The molecule has 2 aromatic carbocycles. The molecule has 4 nitrogen and oxygen atoms in total. The second-order valence-electron chi connectivity index (χ2n) is 6.52. The van der Waals surface area contributed by atoms with Crippen LogP contribution in [0.4, 0.5) is 18.9 Å². The molecule has 1 aliphatic rings. The number of anilines is 1. The molecule has 1 amide bonds. The standard InChI is InChI=1S/C21H20F3NO3/c1-2-28-20(27)11-12-25-18-9-5-15(13-16(18)6-10-19(25)26)14-3-7-17(8-4-14)21(22,23)24/h3-5,7-9,13H,2,6,10-12H2,1H3. The zero-order valence-electron chi connectivity index (χ0n) is 15.4.